The van der Waals surface area contributed by atoms with Gasteiger partial charge in [0.15, 0.2) is 5.17 Å². The summed E-state index contributed by atoms with van der Waals surface area (Å²) in [7, 11) is 3.36. The summed E-state index contributed by atoms with van der Waals surface area (Å²) in [5.41, 5.74) is 1.07. The van der Waals surface area contributed by atoms with Crippen molar-refractivity contribution >= 4 is 16.9 Å². The molecule has 0 fully saturated rings. The molecule has 0 atom stereocenters. The van der Waals surface area contributed by atoms with Crippen LogP contribution in [0.1, 0.15) is 17.7 Å². The Bertz CT molecular complexity index is 686. The Balaban J connectivity index is 1.86. The van der Waals surface area contributed by atoms with Crippen LogP contribution >= 0.6 is 11.8 Å². The lowest BCUT2D eigenvalue weighted by molar-refractivity contribution is 0.346. The largest absolute Gasteiger partial charge is 0.497 e. The maximum absolute atomic E-state index is 5.53. The minimum absolute atomic E-state index is 0.680. The first-order valence-electron chi connectivity index (χ1n) is 7.95. The molecule has 1 aromatic heterocycles. The molecule has 0 saturated heterocycles. The molecule has 0 spiro atoms. The van der Waals surface area contributed by atoms with E-state index in [0.717, 1.165) is 46.7 Å². The van der Waals surface area contributed by atoms with E-state index in [1.165, 1.54) is 0 Å². The highest BCUT2D eigenvalue weighted by molar-refractivity contribution is 8.13. The fourth-order valence-electron chi connectivity index (χ4n) is 2.63. The summed E-state index contributed by atoms with van der Waals surface area (Å²) in [6.07, 6.45) is 2.83. The van der Waals surface area contributed by atoms with Gasteiger partial charge in [0.2, 0.25) is 0 Å². The predicted molar refractivity (Wildman–Crippen MR) is 96.9 cm³/mol. The zero-order valence-corrected chi connectivity index (χ0v) is 14.8. The summed E-state index contributed by atoms with van der Waals surface area (Å²) in [4.78, 5) is 6.93. The molecule has 3 rings (SSSR count). The highest BCUT2D eigenvalue weighted by atomic mass is 32.2. The molecular weight excluding hydrogens is 324 g/mol. The van der Waals surface area contributed by atoms with Gasteiger partial charge in [0.25, 0.3) is 0 Å². The maximum Gasteiger partial charge on any atom is 0.159 e. The average molecular weight is 346 g/mol. The fourth-order valence-corrected chi connectivity index (χ4v) is 3.58. The molecule has 0 bridgehead atoms. The first kappa shape index (κ1) is 16.8. The average Bonchev–Trinajstić information content (AvgIpc) is 3.15. The second kappa shape index (κ2) is 8.15. The van der Waals surface area contributed by atoms with Crippen molar-refractivity contribution in [3.63, 3.8) is 0 Å². The zero-order valence-electron chi connectivity index (χ0n) is 14.0. The van der Waals surface area contributed by atoms with Crippen LogP contribution < -0.4 is 9.47 Å². The second-order valence-corrected chi connectivity index (χ2v) is 6.54. The topological polar surface area (TPSA) is 47.2 Å². The van der Waals surface area contributed by atoms with Gasteiger partial charge in [0, 0.05) is 24.4 Å². The van der Waals surface area contributed by atoms with E-state index in [-0.39, 0.29) is 0 Å². The molecule has 0 N–H and O–H groups in total. The van der Waals surface area contributed by atoms with Crippen molar-refractivity contribution in [1.29, 1.82) is 0 Å². The Hall–Kier alpha value is -2.08. The van der Waals surface area contributed by atoms with E-state index in [4.69, 9.17) is 18.9 Å². The minimum atomic E-state index is 0.680. The van der Waals surface area contributed by atoms with Crippen molar-refractivity contribution in [2.45, 2.75) is 19.5 Å². The van der Waals surface area contributed by atoms with Crippen molar-refractivity contribution in [3.8, 4) is 11.5 Å². The summed E-state index contributed by atoms with van der Waals surface area (Å²) >= 11 is 1.80. The van der Waals surface area contributed by atoms with Crippen LogP contribution in [0.4, 0.5) is 0 Å². The number of amidine groups is 1. The van der Waals surface area contributed by atoms with E-state index in [0.29, 0.717) is 13.1 Å². The zero-order chi connectivity index (χ0) is 16.8. The number of nitrogens with zero attached hydrogens (tertiary/aromatic N) is 2. The van der Waals surface area contributed by atoms with Gasteiger partial charge in [0.05, 0.1) is 27.0 Å². The summed E-state index contributed by atoms with van der Waals surface area (Å²) in [6.45, 7) is 2.25. The SMILES string of the molecule is COc1ccc(OC)c(CN(Cc2ccco2)C2=NCCCS2)c1. The van der Waals surface area contributed by atoms with E-state index in [9.17, 15) is 0 Å². The standard InChI is InChI=1S/C18H22N2O3S/c1-21-15-6-7-17(22-2)14(11-15)12-20(13-16-5-3-9-23-16)18-19-8-4-10-24-18/h3,5-7,9,11H,4,8,10,12-13H2,1-2H3. The highest BCUT2D eigenvalue weighted by Gasteiger charge is 2.19. The van der Waals surface area contributed by atoms with Crippen LogP contribution in [-0.4, -0.2) is 36.6 Å². The van der Waals surface area contributed by atoms with Gasteiger partial charge in [0.1, 0.15) is 17.3 Å². The molecule has 24 heavy (non-hydrogen) atoms. The van der Waals surface area contributed by atoms with E-state index >= 15 is 0 Å². The number of benzene rings is 1. The summed E-state index contributed by atoms with van der Waals surface area (Å²) in [5.74, 6) is 3.69. The van der Waals surface area contributed by atoms with Crippen molar-refractivity contribution in [2.75, 3.05) is 26.5 Å². The van der Waals surface area contributed by atoms with E-state index < -0.39 is 0 Å². The van der Waals surface area contributed by atoms with Crippen LogP contribution in [0.25, 0.3) is 0 Å². The number of methoxy groups -OCH3 is 2. The lowest BCUT2D eigenvalue weighted by Gasteiger charge is -2.27. The molecule has 6 heteroatoms. The van der Waals surface area contributed by atoms with Crippen LogP contribution in [0.5, 0.6) is 11.5 Å². The Morgan fingerprint density at radius 3 is 2.79 bits per heavy atom. The smallest absolute Gasteiger partial charge is 0.159 e. The highest BCUT2D eigenvalue weighted by Crippen LogP contribution is 2.28. The molecule has 0 radical (unpaired) electrons. The third-order valence-corrected chi connectivity index (χ3v) is 4.97. The predicted octanol–water partition coefficient (Wildman–Crippen LogP) is 3.79. The third-order valence-electron chi connectivity index (χ3n) is 3.83. The van der Waals surface area contributed by atoms with Crippen molar-refractivity contribution in [1.82, 2.24) is 4.90 Å². The molecular formula is C18H22N2O3S. The first-order valence-corrected chi connectivity index (χ1v) is 8.94. The quantitative estimate of drug-likeness (QED) is 0.796. The Kier molecular flexibility index (Phi) is 5.69. The maximum atomic E-state index is 5.53. The van der Waals surface area contributed by atoms with Gasteiger partial charge < -0.3 is 18.8 Å². The molecule has 128 valence electrons. The van der Waals surface area contributed by atoms with Crippen molar-refractivity contribution < 1.29 is 13.9 Å². The Labute approximate surface area is 146 Å². The molecule has 1 aromatic carbocycles. The fraction of sp³-hybridized carbons (Fsp3) is 0.389. The molecule has 1 aliphatic rings. The van der Waals surface area contributed by atoms with Gasteiger partial charge in [-0.15, -0.1) is 0 Å². The Morgan fingerprint density at radius 2 is 2.12 bits per heavy atom. The molecule has 0 amide bonds. The van der Waals surface area contributed by atoms with Gasteiger partial charge in [-0.05, 0) is 36.8 Å². The van der Waals surface area contributed by atoms with Crippen LogP contribution in [0, 0.1) is 0 Å². The van der Waals surface area contributed by atoms with Crippen LogP contribution in [-0.2, 0) is 13.1 Å². The van der Waals surface area contributed by atoms with Gasteiger partial charge in [-0.3, -0.25) is 4.99 Å². The molecule has 2 heterocycles. The monoisotopic (exact) mass is 346 g/mol. The van der Waals surface area contributed by atoms with Crippen molar-refractivity contribution in [3.05, 3.63) is 47.9 Å². The minimum Gasteiger partial charge on any atom is -0.497 e. The number of ether oxygens (including phenoxy) is 2. The van der Waals surface area contributed by atoms with Crippen molar-refractivity contribution in [2.24, 2.45) is 4.99 Å². The summed E-state index contributed by atoms with van der Waals surface area (Å²) in [5, 5.41) is 1.06. The molecule has 5 nitrogen and oxygen atoms in total. The molecule has 0 unspecified atom stereocenters. The van der Waals surface area contributed by atoms with E-state index in [1.54, 1.807) is 32.2 Å². The summed E-state index contributed by atoms with van der Waals surface area (Å²) in [6, 6.07) is 9.77. The Morgan fingerprint density at radius 1 is 1.21 bits per heavy atom. The number of thioether (sulfide) groups is 1. The number of rotatable bonds is 6. The number of aliphatic imine (C=N–C) groups is 1. The lowest BCUT2D eigenvalue weighted by atomic mass is 10.1. The molecule has 0 saturated carbocycles. The summed E-state index contributed by atoms with van der Waals surface area (Å²) < 4.78 is 16.4. The molecule has 0 aliphatic carbocycles. The number of hydrogen-bond donors (Lipinski definition) is 0. The van der Waals surface area contributed by atoms with E-state index in [1.807, 2.05) is 30.3 Å². The van der Waals surface area contributed by atoms with E-state index in [2.05, 4.69) is 4.90 Å². The van der Waals surface area contributed by atoms with Crippen LogP contribution in [0.2, 0.25) is 0 Å². The molecule has 2 aromatic rings. The van der Waals surface area contributed by atoms with Crippen LogP contribution in [0.15, 0.2) is 46.0 Å². The van der Waals surface area contributed by atoms with Gasteiger partial charge >= 0.3 is 0 Å². The molecule has 1 aliphatic heterocycles. The third kappa shape index (κ3) is 4.06. The van der Waals surface area contributed by atoms with Crippen LogP contribution in [0.3, 0.4) is 0 Å². The van der Waals surface area contributed by atoms with Gasteiger partial charge in [-0.1, -0.05) is 11.8 Å². The second-order valence-electron chi connectivity index (χ2n) is 5.48. The first-order chi connectivity index (χ1) is 11.8. The van der Waals surface area contributed by atoms with Gasteiger partial charge in [-0.25, -0.2) is 0 Å². The van der Waals surface area contributed by atoms with Gasteiger partial charge in [-0.2, -0.15) is 0 Å². The number of furan rings is 1. The lowest BCUT2D eigenvalue weighted by Crippen LogP contribution is -2.30. The number of hydrogen-bond acceptors (Lipinski definition) is 6. The normalized spacial score (nSPS) is 14.2.